The number of rotatable bonds is 5. The van der Waals surface area contributed by atoms with Crippen molar-refractivity contribution in [3.8, 4) is 0 Å². The topological polar surface area (TPSA) is 43.8 Å². The second-order valence-corrected chi connectivity index (χ2v) is 6.01. The van der Waals surface area contributed by atoms with Crippen LogP contribution in [0.25, 0.3) is 0 Å². The zero-order valence-electron chi connectivity index (χ0n) is 12.9. The summed E-state index contributed by atoms with van der Waals surface area (Å²) in [7, 11) is 0. The van der Waals surface area contributed by atoms with E-state index in [9.17, 15) is 0 Å². The molecule has 3 nitrogen and oxygen atoms in total. The summed E-state index contributed by atoms with van der Waals surface area (Å²) in [6.07, 6.45) is 2.80. The largest absolute Gasteiger partial charge is 0.324 e. The Bertz CT molecular complexity index is 538. The lowest BCUT2D eigenvalue weighted by atomic mass is 9.97. The summed E-state index contributed by atoms with van der Waals surface area (Å²) in [5, 5.41) is 4.56. The first kappa shape index (κ1) is 14.8. The van der Waals surface area contributed by atoms with Gasteiger partial charge >= 0.3 is 0 Å². The van der Waals surface area contributed by atoms with Crippen LogP contribution in [-0.2, 0) is 6.42 Å². The molecule has 0 aliphatic carbocycles. The number of benzene rings is 1. The van der Waals surface area contributed by atoms with Crippen LogP contribution in [0.5, 0.6) is 0 Å². The minimum Gasteiger partial charge on any atom is -0.324 e. The highest BCUT2D eigenvalue weighted by atomic mass is 15.3. The molecular weight excluding hydrogens is 246 g/mol. The highest BCUT2D eigenvalue weighted by Crippen LogP contribution is 2.20. The molecule has 1 heterocycles. The Labute approximate surface area is 121 Å². The molecular formula is C17H25N3. The standard InChI is InChI=1S/C17H25N3/c1-12(2)14-5-7-15(8-6-14)17(18)11-16-9-10-20(19-16)13(3)4/h5-10,12-13,17H,11,18H2,1-4H3. The van der Waals surface area contributed by atoms with Gasteiger partial charge in [-0.2, -0.15) is 5.10 Å². The lowest BCUT2D eigenvalue weighted by Crippen LogP contribution is -2.14. The van der Waals surface area contributed by atoms with Crippen molar-refractivity contribution in [1.82, 2.24) is 9.78 Å². The van der Waals surface area contributed by atoms with E-state index in [1.807, 2.05) is 10.9 Å². The zero-order chi connectivity index (χ0) is 14.7. The van der Waals surface area contributed by atoms with Crippen molar-refractivity contribution in [1.29, 1.82) is 0 Å². The van der Waals surface area contributed by atoms with Crippen molar-refractivity contribution in [3.05, 3.63) is 53.3 Å². The SMILES string of the molecule is CC(C)c1ccc(C(N)Cc2ccn(C(C)C)n2)cc1. The van der Waals surface area contributed by atoms with E-state index in [-0.39, 0.29) is 6.04 Å². The number of nitrogens with two attached hydrogens (primary N) is 1. The van der Waals surface area contributed by atoms with Gasteiger partial charge in [0.05, 0.1) is 5.69 Å². The monoisotopic (exact) mass is 271 g/mol. The molecule has 3 heteroatoms. The van der Waals surface area contributed by atoms with E-state index < -0.39 is 0 Å². The molecule has 0 fully saturated rings. The molecule has 0 bridgehead atoms. The molecule has 1 aromatic carbocycles. The van der Waals surface area contributed by atoms with Crippen molar-refractivity contribution in [2.24, 2.45) is 5.73 Å². The van der Waals surface area contributed by atoms with E-state index in [0.29, 0.717) is 12.0 Å². The summed E-state index contributed by atoms with van der Waals surface area (Å²) in [5.41, 5.74) is 9.87. The van der Waals surface area contributed by atoms with Gasteiger partial charge in [-0.1, -0.05) is 38.1 Å². The maximum atomic E-state index is 6.29. The molecule has 0 spiro atoms. The fourth-order valence-corrected chi connectivity index (χ4v) is 2.25. The minimum absolute atomic E-state index is 0.00623. The lowest BCUT2D eigenvalue weighted by Gasteiger charge is -2.12. The van der Waals surface area contributed by atoms with Gasteiger partial charge in [0.25, 0.3) is 0 Å². The van der Waals surface area contributed by atoms with Crippen molar-refractivity contribution in [3.63, 3.8) is 0 Å². The van der Waals surface area contributed by atoms with E-state index in [1.165, 1.54) is 11.1 Å². The van der Waals surface area contributed by atoms with Gasteiger partial charge in [0.1, 0.15) is 0 Å². The third kappa shape index (κ3) is 3.48. The highest BCUT2D eigenvalue weighted by Gasteiger charge is 2.10. The molecule has 108 valence electrons. The number of hydrogen-bond donors (Lipinski definition) is 1. The van der Waals surface area contributed by atoms with Gasteiger partial charge in [0, 0.05) is 24.7 Å². The summed E-state index contributed by atoms with van der Waals surface area (Å²) in [6, 6.07) is 11.1. The third-order valence-corrected chi connectivity index (χ3v) is 3.65. The summed E-state index contributed by atoms with van der Waals surface area (Å²) in [6.45, 7) is 8.66. The predicted octanol–water partition coefficient (Wildman–Crippen LogP) is 3.83. The molecule has 2 rings (SSSR count). The minimum atomic E-state index is 0.00623. The lowest BCUT2D eigenvalue weighted by molar-refractivity contribution is 0.522. The number of nitrogens with zero attached hydrogens (tertiary/aromatic N) is 2. The van der Waals surface area contributed by atoms with E-state index in [2.05, 4.69) is 63.1 Å². The summed E-state index contributed by atoms with van der Waals surface area (Å²) >= 11 is 0. The second-order valence-electron chi connectivity index (χ2n) is 6.01. The fraction of sp³-hybridized carbons (Fsp3) is 0.471. The molecule has 1 unspecified atom stereocenters. The van der Waals surface area contributed by atoms with Crippen LogP contribution in [0.3, 0.4) is 0 Å². The summed E-state index contributed by atoms with van der Waals surface area (Å²) in [4.78, 5) is 0. The molecule has 0 aliphatic rings. The molecule has 1 aromatic heterocycles. The van der Waals surface area contributed by atoms with Crippen molar-refractivity contribution in [2.75, 3.05) is 0 Å². The first-order chi connectivity index (χ1) is 9.47. The first-order valence-electron chi connectivity index (χ1n) is 7.37. The van der Waals surface area contributed by atoms with Gasteiger partial charge in [-0.25, -0.2) is 0 Å². The van der Waals surface area contributed by atoms with Gasteiger partial charge in [0.15, 0.2) is 0 Å². The Hall–Kier alpha value is -1.61. The molecule has 0 aliphatic heterocycles. The third-order valence-electron chi connectivity index (χ3n) is 3.65. The number of hydrogen-bond acceptors (Lipinski definition) is 2. The average molecular weight is 271 g/mol. The Kier molecular flexibility index (Phi) is 4.61. The van der Waals surface area contributed by atoms with Gasteiger partial charge in [-0.3, -0.25) is 4.68 Å². The Balaban J connectivity index is 2.05. The van der Waals surface area contributed by atoms with Gasteiger partial charge in [-0.15, -0.1) is 0 Å². The van der Waals surface area contributed by atoms with Crippen LogP contribution >= 0.6 is 0 Å². The summed E-state index contributed by atoms with van der Waals surface area (Å²) in [5.74, 6) is 0.557. The van der Waals surface area contributed by atoms with E-state index in [1.54, 1.807) is 0 Å². The van der Waals surface area contributed by atoms with Gasteiger partial charge in [-0.05, 0) is 37.0 Å². The van der Waals surface area contributed by atoms with Gasteiger partial charge in [0.2, 0.25) is 0 Å². The van der Waals surface area contributed by atoms with Crippen LogP contribution < -0.4 is 5.73 Å². The molecule has 2 aromatic rings. The smallest absolute Gasteiger partial charge is 0.0643 e. The van der Waals surface area contributed by atoms with Crippen LogP contribution in [0.4, 0.5) is 0 Å². The predicted molar refractivity (Wildman–Crippen MR) is 83.8 cm³/mol. The Morgan fingerprint density at radius 3 is 2.10 bits per heavy atom. The maximum absolute atomic E-state index is 6.29. The average Bonchev–Trinajstić information content (AvgIpc) is 2.87. The van der Waals surface area contributed by atoms with E-state index in [0.717, 1.165) is 12.1 Å². The molecule has 0 radical (unpaired) electrons. The molecule has 0 amide bonds. The Morgan fingerprint density at radius 1 is 1.00 bits per heavy atom. The van der Waals surface area contributed by atoms with Crippen LogP contribution in [0.1, 0.15) is 62.5 Å². The van der Waals surface area contributed by atoms with Crippen LogP contribution in [0.15, 0.2) is 36.5 Å². The normalized spacial score (nSPS) is 13.2. The van der Waals surface area contributed by atoms with Crippen LogP contribution in [0.2, 0.25) is 0 Å². The number of aromatic nitrogens is 2. The molecule has 20 heavy (non-hydrogen) atoms. The molecule has 0 saturated carbocycles. The quantitative estimate of drug-likeness (QED) is 0.898. The van der Waals surface area contributed by atoms with Crippen molar-refractivity contribution in [2.45, 2.75) is 52.1 Å². The molecule has 1 atom stereocenters. The zero-order valence-corrected chi connectivity index (χ0v) is 12.9. The molecule has 2 N–H and O–H groups in total. The Morgan fingerprint density at radius 2 is 1.60 bits per heavy atom. The van der Waals surface area contributed by atoms with Crippen LogP contribution in [0, 0.1) is 0 Å². The first-order valence-corrected chi connectivity index (χ1v) is 7.37. The van der Waals surface area contributed by atoms with E-state index >= 15 is 0 Å². The van der Waals surface area contributed by atoms with Gasteiger partial charge < -0.3 is 5.73 Å². The highest BCUT2D eigenvalue weighted by molar-refractivity contribution is 5.27. The second kappa shape index (κ2) is 6.23. The molecule has 0 saturated heterocycles. The van der Waals surface area contributed by atoms with Crippen molar-refractivity contribution < 1.29 is 0 Å². The summed E-state index contributed by atoms with van der Waals surface area (Å²) < 4.78 is 1.98. The van der Waals surface area contributed by atoms with Crippen molar-refractivity contribution >= 4 is 0 Å². The van der Waals surface area contributed by atoms with Crippen LogP contribution in [-0.4, -0.2) is 9.78 Å². The van der Waals surface area contributed by atoms with E-state index in [4.69, 9.17) is 5.73 Å². The maximum Gasteiger partial charge on any atom is 0.0643 e. The fourth-order valence-electron chi connectivity index (χ4n) is 2.25.